The van der Waals surface area contributed by atoms with Gasteiger partial charge in [0.2, 0.25) is 0 Å². The average Bonchev–Trinajstić information content (AvgIpc) is 2.14. The van der Waals surface area contributed by atoms with Crippen molar-refractivity contribution in [3.8, 4) is 0 Å². The molecule has 2 unspecified atom stereocenters. The molecule has 0 spiro atoms. The molecule has 15 heavy (non-hydrogen) atoms. The standard InChI is InChI=1S/C13H28N2/c1-11(2)10-14-6-8-15-7-5-12(3)9-13(15)4/h11-14H,5-10H2,1-4H3. The summed E-state index contributed by atoms with van der Waals surface area (Å²) in [5.74, 6) is 1.70. The molecular formula is C13H28N2. The summed E-state index contributed by atoms with van der Waals surface area (Å²) in [4.78, 5) is 2.63. The van der Waals surface area contributed by atoms with Crippen LogP contribution in [-0.2, 0) is 0 Å². The van der Waals surface area contributed by atoms with Crippen LogP contribution in [0.25, 0.3) is 0 Å². The van der Waals surface area contributed by atoms with Crippen LogP contribution in [0.15, 0.2) is 0 Å². The van der Waals surface area contributed by atoms with Gasteiger partial charge in [0, 0.05) is 19.1 Å². The summed E-state index contributed by atoms with van der Waals surface area (Å²) in [7, 11) is 0. The van der Waals surface area contributed by atoms with Gasteiger partial charge in [0.05, 0.1) is 0 Å². The summed E-state index contributed by atoms with van der Waals surface area (Å²) in [5.41, 5.74) is 0. The third-order valence-corrected chi connectivity index (χ3v) is 3.40. The van der Waals surface area contributed by atoms with Crippen LogP contribution >= 0.6 is 0 Å². The van der Waals surface area contributed by atoms with Crippen molar-refractivity contribution in [1.29, 1.82) is 0 Å². The van der Waals surface area contributed by atoms with Crippen molar-refractivity contribution >= 4 is 0 Å². The van der Waals surface area contributed by atoms with Crippen LogP contribution in [0.5, 0.6) is 0 Å². The Balaban J connectivity index is 2.10. The summed E-state index contributed by atoms with van der Waals surface area (Å²) in [6.45, 7) is 14.1. The number of rotatable bonds is 5. The van der Waals surface area contributed by atoms with Gasteiger partial charge in [0.15, 0.2) is 0 Å². The molecule has 0 amide bonds. The van der Waals surface area contributed by atoms with Crippen LogP contribution in [0.3, 0.4) is 0 Å². The topological polar surface area (TPSA) is 15.3 Å². The van der Waals surface area contributed by atoms with Crippen molar-refractivity contribution in [2.75, 3.05) is 26.2 Å². The second-order valence-corrected chi connectivity index (χ2v) is 5.61. The number of piperidine rings is 1. The first-order valence-corrected chi connectivity index (χ1v) is 6.54. The fraction of sp³-hybridized carbons (Fsp3) is 1.00. The predicted octanol–water partition coefficient (Wildman–Crippen LogP) is 2.35. The van der Waals surface area contributed by atoms with Crippen LogP contribution in [0.1, 0.15) is 40.5 Å². The highest BCUT2D eigenvalue weighted by atomic mass is 15.2. The molecule has 1 aliphatic rings. The maximum absolute atomic E-state index is 3.52. The zero-order valence-electron chi connectivity index (χ0n) is 10.9. The Kier molecular flexibility index (Phi) is 5.62. The van der Waals surface area contributed by atoms with Crippen LogP contribution in [0.4, 0.5) is 0 Å². The number of nitrogens with zero attached hydrogens (tertiary/aromatic N) is 1. The Hall–Kier alpha value is -0.0800. The fourth-order valence-corrected chi connectivity index (χ4v) is 2.40. The maximum atomic E-state index is 3.52. The molecule has 0 bridgehead atoms. The van der Waals surface area contributed by atoms with E-state index in [1.165, 1.54) is 25.9 Å². The van der Waals surface area contributed by atoms with Crippen molar-refractivity contribution in [2.24, 2.45) is 11.8 Å². The highest BCUT2D eigenvalue weighted by molar-refractivity contribution is 4.77. The van der Waals surface area contributed by atoms with Gasteiger partial charge in [-0.05, 0) is 44.7 Å². The fourth-order valence-electron chi connectivity index (χ4n) is 2.40. The predicted molar refractivity (Wildman–Crippen MR) is 67.1 cm³/mol. The lowest BCUT2D eigenvalue weighted by Gasteiger charge is -2.36. The molecule has 1 aliphatic heterocycles. The Morgan fingerprint density at radius 2 is 2.07 bits per heavy atom. The van der Waals surface area contributed by atoms with Crippen molar-refractivity contribution in [1.82, 2.24) is 10.2 Å². The van der Waals surface area contributed by atoms with Gasteiger partial charge in [-0.15, -0.1) is 0 Å². The summed E-state index contributed by atoms with van der Waals surface area (Å²) in [6, 6.07) is 0.787. The molecule has 2 nitrogen and oxygen atoms in total. The largest absolute Gasteiger partial charge is 0.315 e. The number of hydrogen-bond acceptors (Lipinski definition) is 2. The Bertz CT molecular complexity index is 168. The van der Waals surface area contributed by atoms with Gasteiger partial charge in [-0.2, -0.15) is 0 Å². The first-order chi connectivity index (χ1) is 7.09. The first-order valence-electron chi connectivity index (χ1n) is 6.54. The summed E-state index contributed by atoms with van der Waals surface area (Å²) in [5, 5.41) is 3.52. The summed E-state index contributed by atoms with van der Waals surface area (Å²) >= 11 is 0. The quantitative estimate of drug-likeness (QED) is 0.704. The van der Waals surface area contributed by atoms with Gasteiger partial charge in [0.1, 0.15) is 0 Å². The van der Waals surface area contributed by atoms with E-state index in [1.54, 1.807) is 0 Å². The monoisotopic (exact) mass is 212 g/mol. The van der Waals surface area contributed by atoms with Crippen molar-refractivity contribution < 1.29 is 0 Å². The molecule has 0 saturated carbocycles. The molecule has 1 fully saturated rings. The van der Waals surface area contributed by atoms with E-state index in [0.29, 0.717) is 0 Å². The molecule has 1 heterocycles. The van der Waals surface area contributed by atoms with Gasteiger partial charge in [-0.3, -0.25) is 4.90 Å². The van der Waals surface area contributed by atoms with Gasteiger partial charge in [0.25, 0.3) is 0 Å². The van der Waals surface area contributed by atoms with Gasteiger partial charge in [-0.1, -0.05) is 20.8 Å². The van der Waals surface area contributed by atoms with Gasteiger partial charge < -0.3 is 5.32 Å². The van der Waals surface area contributed by atoms with Crippen LogP contribution in [0, 0.1) is 11.8 Å². The van der Waals surface area contributed by atoms with Crippen LogP contribution in [0.2, 0.25) is 0 Å². The molecular weight excluding hydrogens is 184 g/mol. The maximum Gasteiger partial charge on any atom is 0.0110 e. The van der Waals surface area contributed by atoms with E-state index in [1.807, 2.05) is 0 Å². The SMILES string of the molecule is CC(C)CNCCN1CCC(C)CC1C. The molecule has 0 aliphatic carbocycles. The molecule has 0 aromatic carbocycles. The van der Waals surface area contributed by atoms with E-state index in [4.69, 9.17) is 0 Å². The third kappa shape index (κ3) is 4.98. The molecule has 1 N–H and O–H groups in total. The second-order valence-electron chi connectivity index (χ2n) is 5.61. The Morgan fingerprint density at radius 1 is 1.33 bits per heavy atom. The first kappa shape index (κ1) is 13.0. The molecule has 0 aromatic heterocycles. The summed E-state index contributed by atoms with van der Waals surface area (Å²) < 4.78 is 0. The van der Waals surface area contributed by atoms with E-state index < -0.39 is 0 Å². The number of hydrogen-bond donors (Lipinski definition) is 1. The van der Waals surface area contributed by atoms with E-state index in [2.05, 4.69) is 37.9 Å². The van der Waals surface area contributed by atoms with E-state index >= 15 is 0 Å². The molecule has 2 atom stereocenters. The minimum absolute atomic E-state index is 0.767. The van der Waals surface area contributed by atoms with E-state index in [0.717, 1.165) is 31.0 Å². The summed E-state index contributed by atoms with van der Waals surface area (Å²) in [6.07, 6.45) is 2.76. The normalized spacial score (nSPS) is 28.6. The van der Waals surface area contributed by atoms with Gasteiger partial charge in [-0.25, -0.2) is 0 Å². The zero-order chi connectivity index (χ0) is 11.3. The molecule has 90 valence electrons. The highest BCUT2D eigenvalue weighted by Gasteiger charge is 2.21. The zero-order valence-corrected chi connectivity index (χ0v) is 10.9. The minimum Gasteiger partial charge on any atom is -0.315 e. The van der Waals surface area contributed by atoms with Gasteiger partial charge >= 0.3 is 0 Å². The lowest BCUT2D eigenvalue weighted by Crippen LogP contribution is -2.43. The molecule has 1 rings (SSSR count). The smallest absolute Gasteiger partial charge is 0.0110 e. The van der Waals surface area contributed by atoms with Crippen LogP contribution in [-0.4, -0.2) is 37.1 Å². The van der Waals surface area contributed by atoms with Crippen molar-refractivity contribution in [2.45, 2.75) is 46.6 Å². The third-order valence-electron chi connectivity index (χ3n) is 3.40. The van der Waals surface area contributed by atoms with E-state index in [-0.39, 0.29) is 0 Å². The highest BCUT2D eigenvalue weighted by Crippen LogP contribution is 2.21. The van der Waals surface area contributed by atoms with Crippen molar-refractivity contribution in [3.63, 3.8) is 0 Å². The minimum atomic E-state index is 0.767. The van der Waals surface area contributed by atoms with Crippen molar-refractivity contribution in [3.05, 3.63) is 0 Å². The lowest BCUT2D eigenvalue weighted by molar-refractivity contribution is 0.130. The molecule has 0 radical (unpaired) electrons. The average molecular weight is 212 g/mol. The molecule has 1 saturated heterocycles. The molecule has 2 heteroatoms. The Labute approximate surface area is 95.4 Å². The molecule has 0 aromatic rings. The van der Waals surface area contributed by atoms with Crippen LogP contribution < -0.4 is 5.32 Å². The van der Waals surface area contributed by atoms with E-state index in [9.17, 15) is 0 Å². The second kappa shape index (κ2) is 6.49. The lowest BCUT2D eigenvalue weighted by atomic mass is 9.93. The Morgan fingerprint density at radius 3 is 2.67 bits per heavy atom. The number of nitrogens with one attached hydrogen (secondary N) is 1. The number of likely N-dealkylation sites (tertiary alicyclic amines) is 1.